The lowest BCUT2D eigenvalue weighted by Crippen LogP contribution is -3.00. The summed E-state index contributed by atoms with van der Waals surface area (Å²) in [4.78, 5) is 15.3. The van der Waals surface area contributed by atoms with Crippen LogP contribution in [0, 0.1) is 6.92 Å². The predicted molar refractivity (Wildman–Crippen MR) is 72.3 cm³/mol. The molecule has 0 bridgehead atoms. The number of carbonyl (C=O) groups is 1. The summed E-state index contributed by atoms with van der Waals surface area (Å²) >= 11 is 0. The van der Waals surface area contributed by atoms with E-state index in [4.69, 9.17) is 0 Å². The number of hydrogen-bond acceptors (Lipinski definition) is 1. The maximum atomic E-state index is 12.1. The lowest BCUT2D eigenvalue weighted by atomic mass is 10.0. The number of ketones is 1. The molecule has 1 N–H and O–H groups in total. The third-order valence-electron chi connectivity index (χ3n) is 2.96. The van der Waals surface area contributed by atoms with Crippen LogP contribution in [0.3, 0.4) is 0 Å². The Bertz CT molecular complexity index is 579. The number of pyridine rings is 1. The van der Waals surface area contributed by atoms with Crippen LogP contribution in [-0.2, 0) is 6.42 Å². The quantitative estimate of drug-likeness (QED) is 0.724. The Balaban J connectivity index is 0.00000180. The zero-order chi connectivity index (χ0) is 13.0. The van der Waals surface area contributed by atoms with E-state index in [-0.39, 0.29) is 22.8 Å². The van der Waals surface area contributed by atoms with Gasteiger partial charge in [0.15, 0.2) is 17.7 Å². The maximum Gasteiger partial charge on any atom is 0.180 e. The number of aromatic amines is 1. The van der Waals surface area contributed by atoms with E-state index in [9.17, 15) is 4.79 Å². The molecule has 0 atom stereocenters. The van der Waals surface area contributed by atoms with Gasteiger partial charge in [-0.05, 0) is 6.07 Å². The number of H-pyrrole nitrogens is 1. The van der Waals surface area contributed by atoms with Gasteiger partial charge in [0.25, 0.3) is 0 Å². The number of rotatable bonds is 4. The Morgan fingerprint density at radius 2 is 2.00 bits per heavy atom. The van der Waals surface area contributed by atoms with E-state index in [0.717, 1.165) is 22.4 Å². The minimum absolute atomic E-state index is 0. The van der Waals surface area contributed by atoms with Crippen LogP contribution < -0.4 is 22.0 Å². The molecule has 1 aromatic heterocycles. The predicted octanol–water partition coefficient (Wildman–Crippen LogP) is -0.118. The van der Waals surface area contributed by atoms with E-state index in [0.29, 0.717) is 6.42 Å². The van der Waals surface area contributed by atoms with E-state index in [1.165, 1.54) is 0 Å². The molecule has 2 rings (SSSR count). The Hall–Kier alpha value is -1.74. The van der Waals surface area contributed by atoms with Gasteiger partial charge in [0, 0.05) is 30.0 Å². The molecule has 2 nitrogen and oxygen atoms in total. The number of Topliss-reactive ketones (excluding diaryl/α,β-unsaturated/α-hetero) is 1. The standard InChI is InChI=1S/C16H15NO.BrH/c1-3-13-9-15(12(2)17-11-13)10-16(18)14-7-5-4-6-8-14;/h3-9,11H,1,10H2,2H3;1H. The van der Waals surface area contributed by atoms with E-state index in [1.54, 1.807) is 6.08 Å². The molecule has 0 unspecified atom stereocenters. The molecule has 0 amide bonds. The highest BCUT2D eigenvalue weighted by Gasteiger charge is 2.12. The van der Waals surface area contributed by atoms with Crippen molar-refractivity contribution in [3.8, 4) is 0 Å². The maximum absolute atomic E-state index is 12.1. The Morgan fingerprint density at radius 1 is 1.32 bits per heavy atom. The molecule has 0 aliphatic heterocycles. The van der Waals surface area contributed by atoms with Gasteiger partial charge in [0.1, 0.15) is 0 Å². The molecule has 19 heavy (non-hydrogen) atoms. The Labute approximate surface area is 124 Å². The highest BCUT2D eigenvalue weighted by Crippen LogP contribution is 2.11. The molecule has 0 aliphatic carbocycles. The molecule has 3 heteroatoms. The zero-order valence-corrected chi connectivity index (χ0v) is 12.4. The van der Waals surface area contributed by atoms with Crippen LogP contribution >= 0.6 is 0 Å². The molecule has 0 fully saturated rings. The van der Waals surface area contributed by atoms with Gasteiger partial charge in [-0.3, -0.25) is 4.79 Å². The fourth-order valence-corrected chi connectivity index (χ4v) is 1.84. The summed E-state index contributed by atoms with van der Waals surface area (Å²) in [7, 11) is 0. The van der Waals surface area contributed by atoms with Crippen molar-refractivity contribution in [2.24, 2.45) is 0 Å². The number of halogens is 1. The summed E-state index contributed by atoms with van der Waals surface area (Å²) < 4.78 is 0. The molecule has 2 aromatic rings. The van der Waals surface area contributed by atoms with Crippen LogP contribution in [0.5, 0.6) is 0 Å². The molecule has 0 spiro atoms. The van der Waals surface area contributed by atoms with Crippen LogP contribution in [0.25, 0.3) is 6.08 Å². The number of nitrogens with one attached hydrogen (secondary N) is 1. The number of aromatic nitrogens is 1. The highest BCUT2D eigenvalue weighted by atomic mass is 79.9. The van der Waals surface area contributed by atoms with Crippen molar-refractivity contribution >= 4 is 11.9 Å². The van der Waals surface area contributed by atoms with E-state index >= 15 is 0 Å². The van der Waals surface area contributed by atoms with Gasteiger partial charge >= 0.3 is 0 Å². The fraction of sp³-hybridized carbons (Fsp3) is 0.125. The van der Waals surface area contributed by atoms with Crippen LogP contribution in [0.4, 0.5) is 0 Å². The molecule has 0 saturated carbocycles. The first-order valence-corrected chi connectivity index (χ1v) is 5.92. The first-order chi connectivity index (χ1) is 8.70. The van der Waals surface area contributed by atoms with Crippen LogP contribution in [0.15, 0.2) is 49.2 Å². The van der Waals surface area contributed by atoms with E-state index in [2.05, 4.69) is 11.6 Å². The topological polar surface area (TPSA) is 31.2 Å². The van der Waals surface area contributed by atoms with E-state index < -0.39 is 0 Å². The van der Waals surface area contributed by atoms with Gasteiger partial charge in [-0.15, -0.1) is 0 Å². The van der Waals surface area contributed by atoms with Crippen LogP contribution in [0.2, 0.25) is 0 Å². The second kappa shape index (κ2) is 7.00. The first kappa shape index (κ1) is 15.3. The third kappa shape index (κ3) is 3.86. The molecule has 98 valence electrons. The molecular weight excluding hydrogens is 302 g/mol. The van der Waals surface area contributed by atoms with Gasteiger partial charge in [-0.25, -0.2) is 4.98 Å². The lowest BCUT2D eigenvalue weighted by molar-refractivity contribution is -0.388. The average molecular weight is 318 g/mol. The summed E-state index contributed by atoms with van der Waals surface area (Å²) in [5, 5.41) is 0. The summed E-state index contributed by atoms with van der Waals surface area (Å²) in [5.41, 5.74) is 3.78. The van der Waals surface area contributed by atoms with Crippen molar-refractivity contribution in [3.05, 3.63) is 71.6 Å². The molecule has 0 aliphatic rings. The van der Waals surface area contributed by atoms with Gasteiger partial charge in [0.05, 0.1) is 0 Å². The SMILES string of the molecule is C=Cc1c[nH+]c(C)c(CC(=O)c2ccccc2)c1.[Br-]. The third-order valence-corrected chi connectivity index (χ3v) is 2.96. The molecule has 1 heterocycles. The van der Waals surface area contributed by atoms with Crippen molar-refractivity contribution in [1.29, 1.82) is 0 Å². The Kier molecular flexibility index (Phi) is 5.64. The number of benzene rings is 1. The van der Waals surface area contributed by atoms with Gasteiger partial charge in [0.2, 0.25) is 0 Å². The van der Waals surface area contributed by atoms with Crippen molar-refractivity contribution < 1.29 is 26.8 Å². The van der Waals surface area contributed by atoms with Gasteiger partial charge in [-0.2, -0.15) is 0 Å². The second-order valence-corrected chi connectivity index (χ2v) is 4.25. The fourth-order valence-electron chi connectivity index (χ4n) is 1.84. The molecular formula is C16H16BrNO. The van der Waals surface area contributed by atoms with Crippen molar-refractivity contribution in [3.63, 3.8) is 0 Å². The largest absolute Gasteiger partial charge is 1.00 e. The van der Waals surface area contributed by atoms with Crippen LogP contribution in [0.1, 0.15) is 27.2 Å². The minimum atomic E-state index is 0. The summed E-state index contributed by atoms with van der Waals surface area (Å²) in [6, 6.07) is 11.4. The second-order valence-electron chi connectivity index (χ2n) is 4.25. The molecule has 1 aromatic carbocycles. The van der Waals surface area contributed by atoms with Gasteiger partial charge < -0.3 is 17.0 Å². The number of carbonyl (C=O) groups excluding carboxylic acids is 1. The first-order valence-electron chi connectivity index (χ1n) is 5.92. The molecule has 0 radical (unpaired) electrons. The minimum Gasteiger partial charge on any atom is -1.00 e. The van der Waals surface area contributed by atoms with Crippen molar-refractivity contribution in [1.82, 2.24) is 0 Å². The van der Waals surface area contributed by atoms with Crippen molar-refractivity contribution in [2.45, 2.75) is 13.3 Å². The number of hydrogen-bond donors (Lipinski definition) is 0. The average Bonchev–Trinajstić information content (AvgIpc) is 2.42. The van der Waals surface area contributed by atoms with Crippen LogP contribution in [-0.4, -0.2) is 5.78 Å². The highest BCUT2D eigenvalue weighted by molar-refractivity contribution is 5.97. The lowest BCUT2D eigenvalue weighted by Gasteiger charge is -2.02. The Morgan fingerprint density at radius 3 is 2.63 bits per heavy atom. The molecule has 0 saturated heterocycles. The zero-order valence-electron chi connectivity index (χ0n) is 10.8. The number of aryl methyl sites for hydroxylation is 1. The van der Waals surface area contributed by atoms with Gasteiger partial charge in [-0.1, -0.05) is 43.0 Å². The smallest absolute Gasteiger partial charge is 0.180 e. The summed E-state index contributed by atoms with van der Waals surface area (Å²) in [6.07, 6.45) is 4.07. The van der Waals surface area contributed by atoms with E-state index in [1.807, 2.05) is 49.5 Å². The van der Waals surface area contributed by atoms with Crippen molar-refractivity contribution in [2.75, 3.05) is 0 Å². The monoisotopic (exact) mass is 317 g/mol. The summed E-state index contributed by atoms with van der Waals surface area (Å²) in [5.74, 6) is 0.133. The summed E-state index contributed by atoms with van der Waals surface area (Å²) in [6.45, 7) is 5.71. The normalized spacial score (nSPS) is 9.53.